The number of aromatic nitrogens is 1. The number of hydrogen-bond acceptors (Lipinski definition) is 3. The molecule has 1 amide bonds. The fraction of sp³-hybridized carbons (Fsp3) is 0.591. The Labute approximate surface area is 161 Å². The largest absolute Gasteiger partial charge is 0.378 e. The molecule has 146 valence electrons. The Bertz CT molecular complexity index is 775. The van der Waals surface area contributed by atoms with Gasteiger partial charge in [0, 0.05) is 56.2 Å². The van der Waals surface area contributed by atoms with Gasteiger partial charge in [0.15, 0.2) is 0 Å². The van der Waals surface area contributed by atoms with Gasteiger partial charge in [-0.2, -0.15) is 0 Å². The number of ether oxygens (including phenoxy) is 2. The van der Waals surface area contributed by atoms with Gasteiger partial charge in [0.05, 0.1) is 11.7 Å². The third-order valence-corrected chi connectivity index (χ3v) is 6.16. The third kappa shape index (κ3) is 4.04. The lowest BCUT2D eigenvalue weighted by molar-refractivity contribution is -0.160. The molecule has 2 aliphatic rings. The van der Waals surface area contributed by atoms with Crippen LogP contribution >= 0.6 is 0 Å². The molecule has 0 bridgehead atoms. The van der Waals surface area contributed by atoms with Crippen LogP contribution in [-0.2, 0) is 20.7 Å². The highest BCUT2D eigenvalue weighted by Gasteiger charge is 2.41. The molecule has 0 saturated carbocycles. The summed E-state index contributed by atoms with van der Waals surface area (Å²) in [5.74, 6) is 0.257. The summed E-state index contributed by atoms with van der Waals surface area (Å²) < 4.78 is 12.0. The molecule has 4 rings (SSSR count). The summed E-state index contributed by atoms with van der Waals surface area (Å²) in [6.45, 7) is 5.19. The van der Waals surface area contributed by atoms with E-state index in [9.17, 15) is 4.79 Å². The second-order valence-electron chi connectivity index (χ2n) is 7.84. The van der Waals surface area contributed by atoms with Crippen molar-refractivity contribution in [3.63, 3.8) is 0 Å². The Morgan fingerprint density at radius 1 is 1.33 bits per heavy atom. The zero-order chi connectivity index (χ0) is 18.7. The number of hydrogen-bond donors (Lipinski definition) is 1. The number of benzene rings is 1. The maximum absolute atomic E-state index is 12.7. The van der Waals surface area contributed by atoms with E-state index >= 15 is 0 Å². The molecule has 1 aromatic carbocycles. The highest BCUT2D eigenvalue weighted by molar-refractivity contribution is 5.84. The van der Waals surface area contributed by atoms with Gasteiger partial charge in [0.2, 0.25) is 5.91 Å². The number of aromatic amines is 1. The van der Waals surface area contributed by atoms with Crippen LogP contribution in [0.3, 0.4) is 0 Å². The van der Waals surface area contributed by atoms with Crippen LogP contribution in [0, 0.1) is 0 Å². The zero-order valence-electron chi connectivity index (χ0n) is 16.2. The number of amides is 1. The Balaban J connectivity index is 1.30. The Kier molecular flexibility index (Phi) is 5.50. The number of nitrogens with one attached hydrogen (secondary N) is 1. The molecule has 5 nitrogen and oxygen atoms in total. The first-order chi connectivity index (χ1) is 13.2. The number of aryl methyl sites for hydroxylation is 1. The van der Waals surface area contributed by atoms with E-state index in [0.29, 0.717) is 12.5 Å². The highest BCUT2D eigenvalue weighted by Crippen LogP contribution is 2.36. The molecule has 1 spiro atoms. The number of fused-ring (bicyclic) bond motifs is 1. The number of carbonyl (C=O) groups is 1. The van der Waals surface area contributed by atoms with Crippen LogP contribution in [0.5, 0.6) is 0 Å². The summed E-state index contributed by atoms with van der Waals surface area (Å²) in [6, 6.07) is 8.27. The molecule has 1 aromatic heterocycles. The average molecular weight is 370 g/mol. The predicted octanol–water partition coefficient (Wildman–Crippen LogP) is 3.68. The summed E-state index contributed by atoms with van der Waals surface area (Å²) in [6.07, 6.45) is 7.51. The lowest BCUT2D eigenvalue weighted by atomic mass is 9.83. The minimum atomic E-state index is -0.0777. The number of likely N-dealkylation sites (tertiary alicyclic amines) is 1. The van der Waals surface area contributed by atoms with Crippen LogP contribution in [0.25, 0.3) is 10.9 Å². The second-order valence-corrected chi connectivity index (χ2v) is 7.84. The van der Waals surface area contributed by atoms with Crippen LogP contribution in [-0.4, -0.2) is 53.8 Å². The van der Waals surface area contributed by atoms with Crippen LogP contribution in [0.4, 0.5) is 0 Å². The van der Waals surface area contributed by atoms with Crippen LogP contribution < -0.4 is 0 Å². The Morgan fingerprint density at radius 2 is 2.15 bits per heavy atom. The first-order valence-corrected chi connectivity index (χ1v) is 10.3. The van der Waals surface area contributed by atoms with Crippen molar-refractivity contribution >= 4 is 16.8 Å². The van der Waals surface area contributed by atoms with E-state index in [1.165, 1.54) is 10.9 Å². The van der Waals surface area contributed by atoms with Gasteiger partial charge in [0.1, 0.15) is 0 Å². The van der Waals surface area contributed by atoms with Crippen LogP contribution in [0.15, 0.2) is 30.5 Å². The fourth-order valence-corrected chi connectivity index (χ4v) is 4.61. The lowest BCUT2D eigenvalue weighted by Gasteiger charge is -2.46. The molecule has 0 radical (unpaired) electrons. The lowest BCUT2D eigenvalue weighted by Crippen LogP contribution is -2.52. The Morgan fingerprint density at radius 3 is 2.96 bits per heavy atom. The van der Waals surface area contributed by atoms with E-state index in [2.05, 4.69) is 24.0 Å². The molecule has 1 atom stereocenters. The number of piperidine rings is 1. The maximum Gasteiger partial charge on any atom is 0.222 e. The summed E-state index contributed by atoms with van der Waals surface area (Å²) >= 11 is 0. The van der Waals surface area contributed by atoms with Gasteiger partial charge < -0.3 is 19.4 Å². The van der Waals surface area contributed by atoms with Crippen molar-refractivity contribution in [2.75, 3.05) is 26.3 Å². The summed E-state index contributed by atoms with van der Waals surface area (Å²) in [5.41, 5.74) is 2.28. The van der Waals surface area contributed by atoms with E-state index in [1.54, 1.807) is 0 Å². The molecule has 2 fully saturated rings. The quantitative estimate of drug-likeness (QED) is 0.874. The topological polar surface area (TPSA) is 54.6 Å². The minimum Gasteiger partial charge on any atom is -0.378 e. The smallest absolute Gasteiger partial charge is 0.222 e. The van der Waals surface area contributed by atoms with Crippen molar-refractivity contribution in [3.05, 3.63) is 36.0 Å². The van der Waals surface area contributed by atoms with Gasteiger partial charge in [-0.1, -0.05) is 18.2 Å². The van der Waals surface area contributed by atoms with Gasteiger partial charge in [0.25, 0.3) is 0 Å². The molecule has 3 heterocycles. The first kappa shape index (κ1) is 18.5. The summed E-state index contributed by atoms with van der Waals surface area (Å²) in [7, 11) is 0. The van der Waals surface area contributed by atoms with Crippen molar-refractivity contribution in [2.24, 2.45) is 0 Å². The normalized spacial score (nSPS) is 22.4. The molecule has 1 unspecified atom stereocenters. The van der Waals surface area contributed by atoms with Crippen molar-refractivity contribution in [2.45, 2.75) is 57.2 Å². The number of rotatable bonds is 5. The monoisotopic (exact) mass is 370 g/mol. The molecular weight excluding hydrogens is 340 g/mol. The van der Waals surface area contributed by atoms with Crippen LogP contribution in [0.2, 0.25) is 0 Å². The van der Waals surface area contributed by atoms with E-state index < -0.39 is 0 Å². The molecule has 0 aliphatic carbocycles. The number of carbonyl (C=O) groups excluding carboxylic acids is 1. The fourth-order valence-electron chi connectivity index (χ4n) is 4.61. The zero-order valence-corrected chi connectivity index (χ0v) is 16.2. The summed E-state index contributed by atoms with van der Waals surface area (Å²) in [4.78, 5) is 18.0. The molecule has 5 heteroatoms. The predicted molar refractivity (Wildman–Crippen MR) is 106 cm³/mol. The standard InChI is InChI=1S/C22H30N2O3/c1-2-26-18-9-14-27-22(15-18)10-12-24(13-11-22)21(25)8-7-17-16-23-20-6-4-3-5-19(17)20/h3-6,16,18,23H,2,7-15H2,1H3. The molecule has 1 N–H and O–H groups in total. The van der Waals surface area contributed by atoms with Gasteiger partial charge >= 0.3 is 0 Å². The molecular formula is C22H30N2O3. The van der Waals surface area contributed by atoms with Crippen molar-refractivity contribution in [3.8, 4) is 0 Å². The van der Waals surface area contributed by atoms with Gasteiger partial charge in [-0.05, 0) is 44.2 Å². The van der Waals surface area contributed by atoms with Crippen LogP contribution in [0.1, 0.15) is 44.6 Å². The van der Waals surface area contributed by atoms with E-state index in [1.807, 2.05) is 23.2 Å². The van der Waals surface area contributed by atoms with Gasteiger partial charge in [-0.3, -0.25) is 4.79 Å². The highest BCUT2D eigenvalue weighted by atomic mass is 16.5. The maximum atomic E-state index is 12.7. The molecule has 27 heavy (non-hydrogen) atoms. The summed E-state index contributed by atoms with van der Waals surface area (Å²) in [5, 5.41) is 1.22. The van der Waals surface area contributed by atoms with E-state index in [0.717, 1.165) is 63.9 Å². The van der Waals surface area contributed by atoms with Crippen molar-refractivity contribution in [1.29, 1.82) is 0 Å². The first-order valence-electron chi connectivity index (χ1n) is 10.3. The van der Waals surface area contributed by atoms with E-state index in [4.69, 9.17) is 9.47 Å². The third-order valence-electron chi connectivity index (χ3n) is 6.16. The van der Waals surface area contributed by atoms with E-state index in [-0.39, 0.29) is 11.5 Å². The number of H-pyrrole nitrogens is 1. The second kappa shape index (κ2) is 8.03. The SMILES string of the molecule is CCOC1CCOC2(CCN(C(=O)CCc3c[nH]c4ccccc34)CC2)C1. The van der Waals surface area contributed by atoms with Gasteiger partial charge in [-0.25, -0.2) is 0 Å². The average Bonchev–Trinajstić information content (AvgIpc) is 3.10. The van der Waals surface area contributed by atoms with Crippen molar-refractivity contribution in [1.82, 2.24) is 9.88 Å². The molecule has 2 aliphatic heterocycles. The minimum absolute atomic E-state index is 0.0777. The van der Waals surface area contributed by atoms with Crippen molar-refractivity contribution < 1.29 is 14.3 Å². The number of nitrogens with zero attached hydrogens (tertiary/aromatic N) is 1. The molecule has 2 aromatic rings. The Hall–Kier alpha value is -1.85. The molecule has 2 saturated heterocycles. The van der Waals surface area contributed by atoms with Gasteiger partial charge in [-0.15, -0.1) is 0 Å². The number of para-hydroxylation sites is 1.